The summed E-state index contributed by atoms with van der Waals surface area (Å²) in [6.07, 6.45) is 2.96. The summed E-state index contributed by atoms with van der Waals surface area (Å²) >= 11 is 1.23. The van der Waals surface area contributed by atoms with Crippen molar-refractivity contribution in [3.8, 4) is 0 Å². The number of aliphatic hydroxyl groups excluding tert-OH is 3. The smallest absolute Gasteiger partial charge is 0.295 e. The van der Waals surface area contributed by atoms with Crippen LogP contribution in [0.5, 0.6) is 0 Å². The molecule has 0 amide bonds. The van der Waals surface area contributed by atoms with Crippen LogP contribution in [0.25, 0.3) is 12.2 Å². The molecule has 2 heterocycles. The Labute approximate surface area is 354 Å². The SMILES string of the molecule is C=C(CO)Nc1nc(N=CCSOOO)nc(Nc2ccc(C=Cc3ccc(Nc4nc(NCCS(=O)(=O)O)nc(NCC(O)CO)n4)cc3SOOO)c(S(=O)(=O)O)c2)n1. The van der Waals surface area contributed by atoms with Gasteiger partial charge in [-0.3, -0.25) is 9.11 Å². The van der Waals surface area contributed by atoms with E-state index in [0.29, 0.717) is 35.3 Å². The Balaban J connectivity index is 1.62. The van der Waals surface area contributed by atoms with Gasteiger partial charge in [-0.2, -0.15) is 46.7 Å². The molecule has 31 heteroatoms. The molecule has 4 rings (SSSR count). The third kappa shape index (κ3) is 17.0. The topological polar surface area (TPSA) is 397 Å². The Hall–Kier alpha value is -5.23. The quantitative estimate of drug-likeness (QED) is 0.00816. The Morgan fingerprint density at radius 3 is 2.08 bits per heavy atom. The molecule has 27 nitrogen and oxygen atoms in total. The molecule has 1 atom stereocenters. The fourth-order valence-electron chi connectivity index (χ4n) is 4.37. The highest BCUT2D eigenvalue weighted by Crippen LogP contribution is 2.31. The number of benzene rings is 2. The van der Waals surface area contributed by atoms with Gasteiger partial charge in [0.05, 0.1) is 42.9 Å². The Morgan fingerprint density at radius 2 is 1.43 bits per heavy atom. The second kappa shape index (κ2) is 23.7. The van der Waals surface area contributed by atoms with Gasteiger partial charge in [-0.15, -0.1) is 8.67 Å². The van der Waals surface area contributed by atoms with Crippen LogP contribution in [0.1, 0.15) is 11.1 Å². The molecule has 12 N–H and O–H groups in total. The van der Waals surface area contributed by atoms with E-state index in [2.05, 4.69) is 86.8 Å². The number of hydrogen-bond donors (Lipinski definition) is 12. The molecule has 0 fully saturated rings. The monoisotopic (exact) mass is 932 g/mol. The van der Waals surface area contributed by atoms with Gasteiger partial charge >= 0.3 is 0 Å². The lowest BCUT2D eigenvalue weighted by Gasteiger charge is -2.13. The average molecular weight is 933 g/mol. The predicted molar refractivity (Wildman–Crippen MR) is 220 cm³/mol. The number of nitrogens with zero attached hydrogens (tertiary/aromatic N) is 7. The average Bonchev–Trinajstić information content (AvgIpc) is 3.20. The van der Waals surface area contributed by atoms with Gasteiger partial charge < -0.3 is 41.9 Å². The van der Waals surface area contributed by atoms with E-state index in [4.69, 9.17) is 20.2 Å². The molecule has 0 aliphatic carbocycles. The Bertz CT molecular complexity index is 2400. The highest BCUT2D eigenvalue weighted by Gasteiger charge is 2.17. The maximum Gasteiger partial charge on any atom is 0.295 e. The summed E-state index contributed by atoms with van der Waals surface area (Å²) in [6, 6.07) is 8.48. The van der Waals surface area contributed by atoms with Crippen molar-refractivity contribution in [3.63, 3.8) is 0 Å². The number of rotatable bonds is 26. The summed E-state index contributed by atoms with van der Waals surface area (Å²) in [7, 11) is -9.17. The molecule has 0 aliphatic rings. The van der Waals surface area contributed by atoms with Crippen LogP contribution in [-0.4, -0.2) is 132 Å². The molecule has 0 spiro atoms. The van der Waals surface area contributed by atoms with Gasteiger partial charge in [0.25, 0.3) is 26.2 Å². The number of nitrogens with one attached hydrogen (secondary N) is 5. The second-order valence-electron chi connectivity index (χ2n) is 11.4. The largest absolute Gasteiger partial charge is 0.394 e. The zero-order chi connectivity index (χ0) is 44.4. The van der Waals surface area contributed by atoms with Crippen LogP contribution in [-0.2, 0) is 39.0 Å². The lowest BCUT2D eigenvalue weighted by molar-refractivity contribution is -0.432. The first kappa shape index (κ1) is 48.4. The van der Waals surface area contributed by atoms with Crippen molar-refractivity contribution in [1.29, 1.82) is 0 Å². The first-order chi connectivity index (χ1) is 29.1. The lowest BCUT2D eigenvalue weighted by atomic mass is 10.1. The minimum Gasteiger partial charge on any atom is -0.394 e. The lowest BCUT2D eigenvalue weighted by Crippen LogP contribution is -2.24. The van der Waals surface area contributed by atoms with Crippen LogP contribution in [0.2, 0.25) is 0 Å². The number of aromatic nitrogens is 6. The van der Waals surface area contributed by atoms with E-state index in [1.165, 1.54) is 42.6 Å². The van der Waals surface area contributed by atoms with Crippen molar-refractivity contribution in [2.75, 3.05) is 64.4 Å². The molecule has 2 aromatic heterocycles. The van der Waals surface area contributed by atoms with E-state index in [0.717, 1.165) is 6.07 Å². The molecule has 61 heavy (non-hydrogen) atoms. The van der Waals surface area contributed by atoms with E-state index in [9.17, 15) is 31.6 Å². The fraction of sp³-hybridized carbons (Fsp3) is 0.233. The van der Waals surface area contributed by atoms with Gasteiger partial charge in [0.15, 0.2) is 0 Å². The maximum atomic E-state index is 12.6. The van der Waals surface area contributed by atoms with Crippen LogP contribution in [0.4, 0.5) is 47.1 Å². The summed E-state index contributed by atoms with van der Waals surface area (Å²) < 4.78 is 75.7. The van der Waals surface area contributed by atoms with Crippen molar-refractivity contribution in [2.24, 2.45) is 4.99 Å². The highest BCUT2D eigenvalue weighted by molar-refractivity contribution is 7.95. The molecule has 0 bridgehead atoms. The maximum absolute atomic E-state index is 12.6. The van der Waals surface area contributed by atoms with Gasteiger partial charge in [-0.25, -0.2) is 15.5 Å². The predicted octanol–water partition coefficient (Wildman–Crippen LogP) is 2.14. The van der Waals surface area contributed by atoms with Crippen molar-refractivity contribution in [1.82, 2.24) is 29.9 Å². The molecule has 2 aromatic carbocycles. The zero-order valence-corrected chi connectivity index (χ0v) is 34.1. The summed E-state index contributed by atoms with van der Waals surface area (Å²) in [4.78, 5) is 28.6. The number of hydrogen-bond acceptors (Lipinski definition) is 27. The summed E-state index contributed by atoms with van der Waals surface area (Å²) in [5, 5.41) is 66.4. The van der Waals surface area contributed by atoms with Crippen LogP contribution >= 0.6 is 24.1 Å². The van der Waals surface area contributed by atoms with Crippen molar-refractivity contribution < 1.29 is 70.5 Å². The first-order valence-corrected chi connectivity index (χ1v) is 21.3. The zero-order valence-electron chi connectivity index (χ0n) is 30.9. The van der Waals surface area contributed by atoms with Crippen LogP contribution in [0.15, 0.2) is 63.5 Å². The van der Waals surface area contributed by atoms with Crippen LogP contribution in [0, 0.1) is 0 Å². The molecule has 4 aromatic rings. The number of aliphatic hydroxyl groups is 3. The van der Waals surface area contributed by atoms with E-state index in [1.54, 1.807) is 6.07 Å². The molecular weight excluding hydrogens is 897 g/mol. The Kier molecular flexibility index (Phi) is 18.8. The van der Waals surface area contributed by atoms with Crippen molar-refractivity contribution in [2.45, 2.75) is 15.9 Å². The van der Waals surface area contributed by atoms with Crippen molar-refractivity contribution >= 4 is 110 Å². The van der Waals surface area contributed by atoms with Gasteiger partial charge in [-0.05, 0) is 35.4 Å². The molecular formula is C30H36N12O15S4. The van der Waals surface area contributed by atoms with Crippen molar-refractivity contribution in [3.05, 3.63) is 59.8 Å². The third-order valence-corrected chi connectivity index (χ3v) is 9.66. The number of aliphatic imine (C=N–C) groups is 1. The number of anilines is 7. The van der Waals surface area contributed by atoms with E-state index >= 15 is 0 Å². The van der Waals surface area contributed by atoms with E-state index in [-0.39, 0.29) is 76.4 Å². The van der Waals surface area contributed by atoms with Gasteiger partial charge in [-0.1, -0.05) is 40.9 Å². The molecule has 330 valence electrons. The second-order valence-corrected chi connectivity index (χ2v) is 15.8. The minimum absolute atomic E-state index is 0.0187. The fourth-order valence-corrected chi connectivity index (χ4v) is 6.19. The molecule has 1 unspecified atom stereocenters. The Morgan fingerprint density at radius 1 is 0.820 bits per heavy atom. The molecule has 0 radical (unpaired) electrons. The minimum atomic E-state index is -4.86. The van der Waals surface area contributed by atoms with Crippen LogP contribution < -0.4 is 26.6 Å². The summed E-state index contributed by atoms with van der Waals surface area (Å²) in [6.45, 7) is 2.15. The first-order valence-electron chi connectivity index (χ1n) is 16.6. The molecule has 0 aliphatic heterocycles. The normalized spacial score (nSPS) is 12.4. The van der Waals surface area contributed by atoms with Gasteiger partial charge in [0.1, 0.15) is 4.90 Å². The van der Waals surface area contributed by atoms with Gasteiger partial charge in [0, 0.05) is 53.3 Å². The molecule has 0 saturated carbocycles. The standard InChI is InChI=1S/C30H36N12O15S4/c1-17(15-43)34-28-38-25(31-8-10-58-56-54-46)39-30(42-28)36-21-7-5-19(24(13-21)61(51,52)53)3-2-18-4-6-20(12-23(18)59-57-55-47)35-29-40-26(32-9-11-60(48,49)50)37-27(41-29)33-14-22(45)16-44/h2-8,12-13,22,43-47H,1,9-11,14-16H2,(H,48,49,50)(H,51,52,53)(H2,34,36,38,39,42)(H3,32,33,35,37,40,41). The van der Waals surface area contributed by atoms with E-state index in [1.807, 2.05) is 0 Å². The summed E-state index contributed by atoms with van der Waals surface area (Å²) in [5.74, 6) is -1.25. The third-order valence-electron chi connectivity index (χ3n) is 6.93. The highest BCUT2D eigenvalue weighted by atomic mass is 32.2. The van der Waals surface area contributed by atoms with E-state index < -0.39 is 50.2 Å². The van der Waals surface area contributed by atoms with Crippen LogP contribution in [0.3, 0.4) is 0 Å². The molecule has 0 saturated heterocycles. The summed E-state index contributed by atoms with van der Waals surface area (Å²) in [5.41, 5.74) is 0.926. The van der Waals surface area contributed by atoms with Gasteiger partial charge in [0.2, 0.25) is 29.7 Å².